The molecule has 0 spiro atoms. The average Bonchev–Trinajstić information content (AvgIpc) is 2.35. The second-order valence-electron chi connectivity index (χ2n) is 4.35. The van der Waals surface area contributed by atoms with E-state index in [0.29, 0.717) is 6.42 Å². The molecule has 92 valence electrons. The summed E-state index contributed by atoms with van der Waals surface area (Å²) in [5.74, 6) is 0.0902. The highest BCUT2D eigenvalue weighted by molar-refractivity contribution is 9.10. The Morgan fingerprint density at radius 1 is 1.28 bits per heavy atom. The summed E-state index contributed by atoms with van der Waals surface area (Å²) in [5.41, 5.74) is 3.70. The van der Waals surface area contributed by atoms with Crippen LogP contribution < -0.4 is 0 Å². The number of carbonyl (C=O) groups is 1. The largest absolute Gasteiger partial charge is 0.294 e. The van der Waals surface area contributed by atoms with Crippen LogP contribution in [0.4, 0.5) is 0 Å². The molecule has 0 aliphatic carbocycles. The third-order valence-electron chi connectivity index (χ3n) is 2.87. The fourth-order valence-corrected chi connectivity index (χ4v) is 2.27. The van der Waals surface area contributed by atoms with Gasteiger partial charge in [-0.1, -0.05) is 33.6 Å². The van der Waals surface area contributed by atoms with Gasteiger partial charge in [-0.25, -0.2) is 0 Å². The Kier molecular flexibility index (Phi) is 3.92. The molecule has 2 rings (SSSR count). The predicted molar refractivity (Wildman–Crippen MR) is 75.9 cm³/mol. The molecule has 3 heteroatoms. The lowest BCUT2D eigenvalue weighted by Crippen LogP contribution is -2.07. The number of aryl methyl sites for hydroxylation is 2. The summed E-state index contributed by atoms with van der Waals surface area (Å²) in [7, 11) is 0. The van der Waals surface area contributed by atoms with Gasteiger partial charge in [0.15, 0.2) is 5.78 Å². The summed E-state index contributed by atoms with van der Waals surface area (Å²) in [5, 5.41) is 0. The minimum atomic E-state index is 0.0902. The van der Waals surface area contributed by atoms with Crippen molar-refractivity contribution in [3.8, 4) is 0 Å². The molecule has 0 radical (unpaired) electrons. The van der Waals surface area contributed by atoms with Crippen LogP contribution in [-0.4, -0.2) is 10.8 Å². The second-order valence-corrected chi connectivity index (χ2v) is 5.20. The molecule has 1 heterocycles. The van der Waals surface area contributed by atoms with Crippen LogP contribution in [0.5, 0.6) is 0 Å². The Balaban J connectivity index is 2.28. The number of ketones is 1. The van der Waals surface area contributed by atoms with E-state index in [0.717, 1.165) is 26.9 Å². The fourth-order valence-electron chi connectivity index (χ4n) is 1.80. The smallest absolute Gasteiger partial charge is 0.169 e. The molecule has 0 bridgehead atoms. The highest BCUT2D eigenvalue weighted by atomic mass is 79.9. The molecule has 0 aliphatic rings. The zero-order valence-electron chi connectivity index (χ0n) is 10.4. The van der Waals surface area contributed by atoms with Crippen LogP contribution >= 0.6 is 15.9 Å². The first-order valence-corrected chi connectivity index (χ1v) is 6.57. The van der Waals surface area contributed by atoms with Crippen LogP contribution in [0.2, 0.25) is 0 Å². The van der Waals surface area contributed by atoms with Crippen LogP contribution in [0.15, 0.2) is 41.0 Å². The van der Waals surface area contributed by atoms with Crippen molar-refractivity contribution in [1.29, 1.82) is 0 Å². The molecular weight excluding hydrogens is 290 g/mol. The van der Waals surface area contributed by atoms with Crippen molar-refractivity contribution in [3.05, 3.63) is 63.4 Å². The highest BCUT2D eigenvalue weighted by Crippen LogP contribution is 2.20. The van der Waals surface area contributed by atoms with E-state index in [-0.39, 0.29) is 5.78 Å². The van der Waals surface area contributed by atoms with Crippen LogP contribution in [0, 0.1) is 13.8 Å². The number of nitrogens with zero attached hydrogens (tertiary/aromatic N) is 1. The topological polar surface area (TPSA) is 30.0 Å². The molecule has 0 saturated heterocycles. The number of benzene rings is 1. The zero-order chi connectivity index (χ0) is 13.1. The van der Waals surface area contributed by atoms with Gasteiger partial charge in [0.2, 0.25) is 0 Å². The Hall–Kier alpha value is -1.48. The molecule has 0 unspecified atom stereocenters. The minimum absolute atomic E-state index is 0.0902. The van der Waals surface area contributed by atoms with Gasteiger partial charge in [0, 0.05) is 16.2 Å². The van der Waals surface area contributed by atoms with Crippen molar-refractivity contribution in [2.24, 2.45) is 0 Å². The summed E-state index contributed by atoms with van der Waals surface area (Å²) in [6.07, 6.45) is 2.07. The van der Waals surface area contributed by atoms with E-state index in [2.05, 4.69) is 20.9 Å². The van der Waals surface area contributed by atoms with Crippen molar-refractivity contribution in [1.82, 2.24) is 4.98 Å². The number of rotatable bonds is 3. The van der Waals surface area contributed by atoms with Crippen molar-refractivity contribution < 1.29 is 4.79 Å². The van der Waals surface area contributed by atoms with E-state index < -0.39 is 0 Å². The molecular formula is C15H14BrNO. The standard InChI is InChI=1S/C15H14BrNO/c1-10-5-6-13(16)12(8-10)15(18)9-14-11(2)4-3-7-17-14/h3-8H,9H2,1-2H3. The third kappa shape index (κ3) is 2.85. The molecule has 2 nitrogen and oxygen atoms in total. The molecule has 0 fully saturated rings. The number of pyridine rings is 1. The average molecular weight is 304 g/mol. The van der Waals surface area contributed by atoms with E-state index in [1.54, 1.807) is 6.20 Å². The first-order chi connectivity index (χ1) is 8.58. The number of hydrogen-bond acceptors (Lipinski definition) is 2. The van der Waals surface area contributed by atoms with Gasteiger partial charge in [-0.15, -0.1) is 0 Å². The summed E-state index contributed by atoms with van der Waals surface area (Å²) in [4.78, 5) is 16.5. The SMILES string of the molecule is Cc1ccc(Br)c(C(=O)Cc2ncccc2C)c1. The quantitative estimate of drug-likeness (QED) is 0.805. The predicted octanol–water partition coefficient (Wildman–Crippen LogP) is 3.89. The Labute approximate surface area is 115 Å². The lowest BCUT2D eigenvalue weighted by atomic mass is 10.0. The van der Waals surface area contributed by atoms with Gasteiger partial charge in [0.1, 0.15) is 0 Å². The fraction of sp³-hybridized carbons (Fsp3) is 0.200. The molecule has 0 aliphatic heterocycles. The van der Waals surface area contributed by atoms with E-state index in [4.69, 9.17) is 0 Å². The van der Waals surface area contributed by atoms with E-state index >= 15 is 0 Å². The summed E-state index contributed by atoms with van der Waals surface area (Å²) in [6, 6.07) is 9.65. The maximum Gasteiger partial charge on any atom is 0.169 e. The Bertz CT molecular complexity index is 593. The second kappa shape index (κ2) is 5.44. The van der Waals surface area contributed by atoms with E-state index in [1.165, 1.54) is 0 Å². The van der Waals surface area contributed by atoms with E-state index in [9.17, 15) is 4.79 Å². The van der Waals surface area contributed by atoms with Gasteiger partial charge in [0.05, 0.1) is 12.1 Å². The molecule has 0 N–H and O–H groups in total. The van der Waals surface area contributed by atoms with Gasteiger partial charge in [0.25, 0.3) is 0 Å². The molecule has 18 heavy (non-hydrogen) atoms. The molecule has 0 amide bonds. The normalized spacial score (nSPS) is 10.4. The van der Waals surface area contributed by atoms with Crippen LogP contribution in [0.25, 0.3) is 0 Å². The van der Waals surface area contributed by atoms with E-state index in [1.807, 2.05) is 44.2 Å². The lowest BCUT2D eigenvalue weighted by molar-refractivity contribution is 0.0991. The lowest BCUT2D eigenvalue weighted by Gasteiger charge is -2.06. The summed E-state index contributed by atoms with van der Waals surface area (Å²) < 4.78 is 0.840. The monoisotopic (exact) mass is 303 g/mol. The first kappa shape index (κ1) is 13.0. The van der Waals surface area contributed by atoms with Gasteiger partial charge in [-0.2, -0.15) is 0 Å². The van der Waals surface area contributed by atoms with Crippen molar-refractivity contribution in [3.63, 3.8) is 0 Å². The van der Waals surface area contributed by atoms with Crippen molar-refractivity contribution in [2.75, 3.05) is 0 Å². The number of Topliss-reactive ketones (excluding diaryl/α,β-unsaturated/α-hetero) is 1. The minimum Gasteiger partial charge on any atom is -0.294 e. The van der Waals surface area contributed by atoms with Crippen LogP contribution in [0.1, 0.15) is 27.2 Å². The van der Waals surface area contributed by atoms with Crippen LogP contribution in [-0.2, 0) is 6.42 Å². The number of hydrogen-bond donors (Lipinski definition) is 0. The third-order valence-corrected chi connectivity index (χ3v) is 3.56. The molecule has 2 aromatic rings. The molecule has 1 aromatic carbocycles. The van der Waals surface area contributed by atoms with Gasteiger partial charge >= 0.3 is 0 Å². The summed E-state index contributed by atoms with van der Waals surface area (Å²) >= 11 is 3.42. The Morgan fingerprint density at radius 3 is 2.78 bits per heavy atom. The number of carbonyl (C=O) groups excluding carboxylic acids is 1. The maximum absolute atomic E-state index is 12.3. The van der Waals surface area contributed by atoms with Crippen molar-refractivity contribution >= 4 is 21.7 Å². The van der Waals surface area contributed by atoms with Gasteiger partial charge in [-0.3, -0.25) is 9.78 Å². The Morgan fingerprint density at radius 2 is 2.06 bits per heavy atom. The van der Waals surface area contributed by atoms with Crippen LogP contribution in [0.3, 0.4) is 0 Å². The molecule has 0 atom stereocenters. The first-order valence-electron chi connectivity index (χ1n) is 5.78. The number of aromatic nitrogens is 1. The van der Waals surface area contributed by atoms with Gasteiger partial charge in [-0.05, 0) is 37.6 Å². The zero-order valence-corrected chi connectivity index (χ0v) is 12.0. The molecule has 0 saturated carbocycles. The number of halogens is 1. The van der Waals surface area contributed by atoms with Crippen molar-refractivity contribution in [2.45, 2.75) is 20.3 Å². The van der Waals surface area contributed by atoms with Gasteiger partial charge < -0.3 is 0 Å². The maximum atomic E-state index is 12.3. The highest BCUT2D eigenvalue weighted by Gasteiger charge is 2.12. The molecule has 1 aromatic heterocycles. The summed E-state index contributed by atoms with van der Waals surface area (Å²) in [6.45, 7) is 3.95.